The van der Waals surface area contributed by atoms with Crippen molar-refractivity contribution in [3.63, 3.8) is 0 Å². The van der Waals surface area contributed by atoms with Crippen LogP contribution in [0.4, 0.5) is 0 Å². The highest BCUT2D eigenvalue weighted by molar-refractivity contribution is 5.86. The molecule has 1 rings (SSSR count). The van der Waals surface area contributed by atoms with Crippen LogP contribution in [0.5, 0.6) is 0 Å². The molecule has 0 fully saturated rings. The molecule has 0 atom stereocenters. The Hall–Kier alpha value is -1.97. The average Bonchev–Trinajstić information content (AvgIpc) is 2.40. The highest BCUT2D eigenvalue weighted by atomic mass is 16.2. The van der Waals surface area contributed by atoms with Crippen molar-refractivity contribution in [1.82, 2.24) is 5.32 Å². The molecule has 0 unspecified atom stereocenters. The molecule has 19 heavy (non-hydrogen) atoms. The van der Waals surface area contributed by atoms with Crippen LogP contribution in [0.1, 0.15) is 25.3 Å². The number of carbonyl (C=O) groups is 3. The van der Waals surface area contributed by atoms with Crippen LogP contribution >= 0.6 is 0 Å². The van der Waals surface area contributed by atoms with Crippen molar-refractivity contribution in [2.75, 3.05) is 6.54 Å². The third-order valence-electron chi connectivity index (χ3n) is 3.16. The van der Waals surface area contributed by atoms with Crippen LogP contribution in [-0.2, 0) is 20.8 Å². The number of rotatable bonds is 8. The molecule has 4 nitrogen and oxygen atoms in total. The van der Waals surface area contributed by atoms with Gasteiger partial charge in [-0.2, -0.15) is 0 Å². The zero-order valence-electron chi connectivity index (χ0n) is 11.1. The van der Waals surface area contributed by atoms with E-state index >= 15 is 0 Å². The van der Waals surface area contributed by atoms with Gasteiger partial charge in [-0.1, -0.05) is 30.3 Å². The standard InChI is InChI=1S/C15H19NO3/c1-15(8-11-17,9-12-18)14(19)16-10-7-13-5-3-2-4-6-13/h2-6,11-12H,7-10H2,1H3,(H,16,19). The van der Waals surface area contributed by atoms with Gasteiger partial charge in [0, 0.05) is 19.4 Å². The summed E-state index contributed by atoms with van der Waals surface area (Å²) in [5.41, 5.74) is 0.204. The Morgan fingerprint density at radius 3 is 2.26 bits per heavy atom. The molecule has 4 heteroatoms. The van der Waals surface area contributed by atoms with Gasteiger partial charge in [0.2, 0.25) is 5.91 Å². The molecule has 1 aromatic carbocycles. The number of hydrogen-bond acceptors (Lipinski definition) is 3. The smallest absolute Gasteiger partial charge is 0.226 e. The van der Waals surface area contributed by atoms with Gasteiger partial charge in [0.15, 0.2) is 0 Å². The lowest BCUT2D eigenvalue weighted by molar-refractivity contribution is -0.134. The first-order valence-corrected chi connectivity index (χ1v) is 6.32. The number of nitrogens with one attached hydrogen (secondary N) is 1. The van der Waals surface area contributed by atoms with E-state index in [9.17, 15) is 14.4 Å². The lowest BCUT2D eigenvalue weighted by Crippen LogP contribution is -2.40. The number of benzene rings is 1. The van der Waals surface area contributed by atoms with Gasteiger partial charge in [0.1, 0.15) is 12.6 Å². The van der Waals surface area contributed by atoms with Crippen LogP contribution in [0.2, 0.25) is 0 Å². The molecule has 0 saturated heterocycles. The van der Waals surface area contributed by atoms with E-state index in [1.165, 1.54) is 0 Å². The summed E-state index contributed by atoms with van der Waals surface area (Å²) in [5.74, 6) is -0.248. The fourth-order valence-electron chi connectivity index (χ4n) is 1.82. The maximum absolute atomic E-state index is 12.0. The summed E-state index contributed by atoms with van der Waals surface area (Å²) in [6.07, 6.45) is 2.21. The molecule has 0 bridgehead atoms. The molecule has 0 aromatic heterocycles. The SMILES string of the molecule is CC(CC=O)(CC=O)C(=O)NCCc1ccccc1. The van der Waals surface area contributed by atoms with Gasteiger partial charge < -0.3 is 14.9 Å². The Balaban J connectivity index is 2.49. The van der Waals surface area contributed by atoms with Crippen molar-refractivity contribution < 1.29 is 14.4 Å². The van der Waals surface area contributed by atoms with Crippen molar-refractivity contribution in [3.05, 3.63) is 35.9 Å². The predicted octanol–water partition coefficient (Wildman–Crippen LogP) is 1.53. The third kappa shape index (κ3) is 4.66. The molecular formula is C15H19NO3. The summed E-state index contributed by atoms with van der Waals surface area (Å²) in [6, 6.07) is 9.80. The Morgan fingerprint density at radius 2 is 1.74 bits per heavy atom. The Bertz CT molecular complexity index is 418. The van der Waals surface area contributed by atoms with Crippen LogP contribution in [0.3, 0.4) is 0 Å². The summed E-state index contributed by atoms with van der Waals surface area (Å²) in [4.78, 5) is 33.2. The molecule has 0 aliphatic rings. The lowest BCUT2D eigenvalue weighted by Gasteiger charge is -2.23. The quantitative estimate of drug-likeness (QED) is 0.722. The lowest BCUT2D eigenvalue weighted by atomic mass is 9.83. The highest BCUT2D eigenvalue weighted by Crippen LogP contribution is 2.23. The van der Waals surface area contributed by atoms with E-state index in [0.717, 1.165) is 12.0 Å². The van der Waals surface area contributed by atoms with E-state index < -0.39 is 5.41 Å². The first-order valence-electron chi connectivity index (χ1n) is 6.32. The summed E-state index contributed by atoms with van der Waals surface area (Å²) in [7, 11) is 0. The van der Waals surface area contributed by atoms with E-state index in [4.69, 9.17) is 0 Å². The molecule has 1 aromatic rings. The molecule has 1 amide bonds. The second-order valence-corrected chi connectivity index (χ2v) is 4.79. The van der Waals surface area contributed by atoms with E-state index in [1.807, 2.05) is 30.3 Å². The highest BCUT2D eigenvalue weighted by Gasteiger charge is 2.32. The molecule has 0 aliphatic carbocycles. The summed E-state index contributed by atoms with van der Waals surface area (Å²) < 4.78 is 0. The minimum absolute atomic E-state index is 0.0584. The minimum Gasteiger partial charge on any atom is -0.355 e. The molecule has 1 N–H and O–H groups in total. The monoisotopic (exact) mass is 261 g/mol. The van der Waals surface area contributed by atoms with E-state index in [2.05, 4.69) is 5.32 Å². The number of aldehydes is 2. The van der Waals surface area contributed by atoms with Gasteiger partial charge in [-0.15, -0.1) is 0 Å². The second-order valence-electron chi connectivity index (χ2n) is 4.79. The van der Waals surface area contributed by atoms with Gasteiger partial charge in [-0.05, 0) is 18.9 Å². The van der Waals surface area contributed by atoms with Crippen molar-refractivity contribution in [2.24, 2.45) is 5.41 Å². The number of carbonyl (C=O) groups excluding carboxylic acids is 3. The van der Waals surface area contributed by atoms with Crippen molar-refractivity contribution >= 4 is 18.5 Å². The minimum atomic E-state index is -0.930. The van der Waals surface area contributed by atoms with Crippen LogP contribution < -0.4 is 5.32 Å². The molecule has 0 aliphatic heterocycles. The molecule has 0 radical (unpaired) electrons. The Morgan fingerprint density at radius 1 is 1.16 bits per heavy atom. The maximum atomic E-state index is 12.0. The molecule has 0 spiro atoms. The van der Waals surface area contributed by atoms with Crippen molar-refractivity contribution in [3.8, 4) is 0 Å². The fraction of sp³-hybridized carbons (Fsp3) is 0.400. The van der Waals surface area contributed by atoms with E-state index in [1.54, 1.807) is 6.92 Å². The van der Waals surface area contributed by atoms with Crippen LogP contribution in [0.25, 0.3) is 0 Å². The summed E-state index contributed by atoms with van der Waals surface area (Å²) >= 11 is 0. The second kappa shape index (κ2) is 7.46. The van der Waals surface area contributed by atoms with E-state index in [-0.39, 0.29) is 18.7 Å². The van der Waals surface area contributed by atoms with Gasteiger partial charge in [0.25, 0.3) is 0 Å². The maximum Gasteiger partial charge on any atom is 0.226 e. The third-order valence-corrected chi connectivity index (χ3v) is 3.16. The predicted molar refractivity (Wildman–Crippen MR) is 72.6 cm³/mol. The topological polar surface area (TPSA) is 63.2 Å². The fourth-order valence-corrected chi connectivity index (χ4v) is 1.82. The normalized spacial score (nSPS) is 10.8. The van der Waals surface area contributed by atoms with E-state index in [0.29, 0.717) is 19.1 Å². The molecule has 0 heterocycles. The first-order chi connectivity index (χ1) is 9.12. The first kappa shape index (κ1) is 15.1. The van der Waals surface area contributed by atoms with Gasteiger partial charge in [-0.3, -0.25) is 4.79 Å². The average molecular weight is 261 g/mol. The summed E-state index contributed by atoms with van der Waals surface area (Å²) in [5, 5.41) is 2.78. The molecule has 102 valence electrons. The van der Waals surface area contributed by atoms with Crippen LogP contribution in [0.15, 0.2) is 30.3 Å². The van der Waals surface area contributed by atoms with Crippen molar-refractivity contribution in [1.29, 1.82) is 0 Å². The van der Waals surface area contributed by atoms with Crippen LogP contribution in [-0.4, -0.2) is 25.0 Å². The van der Waals surface area contributed by atoms with Gasteiger partial charge >= 0.3 is 0 Å². The Labute approximate surface area is 113 Å². The molecular weight excluding hydrogens is 242 g/mol. The van der Waals surface area contributed by atoms with Gasteiger partial charge in [-0.25, -0.2) is 0 Å². The van der Waals surface area contributed by atoms with Crippen LogP contribution in [0, 0.1) is 5.41 Å². The van der Waals surface area contributed by atoms with Gasteiger partial charge in [0.05, 0.1) is 5.41 Å². The molecule has 0 saturated carbocycles. The Kier molecular flexibility index (Phi) is 5.93. The number of amides is 1. The largest absolute Gasteiger partial charge is 0.355 e. The number of hydrogen-bond donors (Lipinski definition) is 1. The zero-order valence-corrected chi connectivity index (χ0v) is 11.1. The zero-order chi connectivity index (χ0) is 14.1. The summed E-state index contributed by atoms with van der Waals surface area (Å²) in [6.45, 7) is 2.13. The van der Waals surface area contributed by atoms with Crippen molar-refractivity contribution in [2.45, 2.75) is 26.2 Å².